The Kier molecular flexibility index (Phi) is 2.65. The van der Waals surface area contributed by atoms with Gasteiger partial charge in [-0.1, -0.05) is 0 Å². The van der Waals surface area contributed by atoms with Crippen molar-refractivity contribution in [3.8, 4) is 0 Å². The fraction of sp³-hybridized carbons (Fsp3) is 0.500. The van der Waals surface area contributed by atoms with Crippen molar-refractivity contribution in [2.24, 2.45) is 0 Å². The second kappa shape index (κ2) is 3.57. The number of rotatable bonds is 3. The lowest BCUT2D eigenvalue weighted by Crippen LogP contribution is -2.26. The molecular weight excluding hydrogens is 218 g/mol. The van der Waals surface area contributed by atoms with E-state index in [0.29, 0.717) is 11.8 Å². The van der Waals surface area contributed by atoms with E-state index in [1.807, 2.05) is 0 Å². The zero-order valence-corrected chi connectivity index (χ0v) is 7.30. The molecule has 0 aromatic carbocycles. The van der Waals surface area contributed by atoms with Gasteiger partial charge in [0, 0.05) is 4.92 Å². The summed E-state index contributed by atoms with van der Waals surface area (Å²) in [6.07, 6.45) is 0. The number of nitrogens with zero attached hydrogens (tertiary/aromatic N) is 3. The maximum absolute atomic E-state index is 10.4. The highest BCUT2D eigenvalue weighted by Gasteiger charge is 2.51. The Morgan fingerprint density at radius 2 is 1.71 bits per heavy atom. The molecule has 0 fully saturated rings. The smallest absolute Gasteiger partial charge is 0.264 e. The van der Waals surface area contributed by atoms with Crippen molar-refractivity contribution in [1.29, 1.82) is 0 Å². The molecule has 0 saturated carbocycles. The van der Waals surface area contributed by atoms with Crippen molar-refractivity contribution in [2.45, 2.75) is 6.04 Å². The number of hydrogen-bond donors (Lipinski definition) is 0. The highest BCUT2D eigenvalue weighted by molar-refractivity contribution is 8.03. The molecule has 0 amide bonds. The fourth-order valence-electron chi connectivity index (χ4n) is 0.960. The standard InChI is InChI=1S/C4H3N3O6S/c8-5(9)2-1-14-4(7(12)13)3(2)6(10)11/h2H,1H2. The van der Waals surface area contributed by atoms with E-state index in [2.05, 4.69) is 0 Å². The molecule has 1 atom stereocenters. The largest absolute Gasteiger partial charge is 0.403 e. The first-order valence-electron chi connectivity index (χ1n) is 3.24. The van der Waals surface area contributed by atoms with E-state index in [-0.39, 0.29) is 5.75 Å². The summed E-state index contributed by atoms with van der Waals surface area (Å²) in [7, 11) is 0. The Hall–Kier alpha value is -1.71. The number of thioether (sulfide) groups is 1. The third-order valence-electron chi connectivity index (χ3n) is 1.53. The van der Waals surface area contributed by atoms with Crippen molar-refractivity contribution < 1.29 is 14.8 Å². The molecule has 1 unspecified atom stereocenters. The van der Waals surface area contributed by atoms with Crippen LogP contribution in [0.1, 0.15) is 0 Å². The summed E-state index contributed by atoms with van der Waals surface area (Å²) in [5.74, 6) is -0.264. The van der Waals surface area contributed by atoms with Gasteiger partial charge in [0.05, 0.1) is 15.6 Å². The Morgan fingerprint density at radius 3 is 2.07 bits per heavy atom. The van der Waals surface area contributed by atoms with Crippen LogP contribution in [0.15, 0.2) is 10.7 Å². The van der Waals surface area contributed by atoms with E-state index in [1.54, 1.807) is 0 Å². The monoisotopic (exact) mass is 221 g/mol. The Morgan fingerprint density at radius 1 is 1.14 bits per heavy atom. The molecule has 0 saturated heterocycles. The zero-order valence-electron chi connectivity index (χ0n) is 6.48. The predicted molar refractivity (Wildman–Crippen MR) is 44.3 cm³/mol. The first kappa shape index (κ1) is 10.4. The summed E-state index contributed by atoms with van der Waals surface area (Å²) < 4.78 is 0. The minimum Gasteiger partial charge on any atom is -0.264 e. The van der Waals surface area contributed by atoms with Crippen molar-refractivity contribution in [3.63, 3.8) is 0 Å². The molecule has 1 rings (SSSR count). The SMILES string of the molecule is O=[N+]([O-])C1=C([N+](=O)[O-])C([N+](=O)[O-])CS1. The summed E-state index contributed by atoms with van der Waals surface area (Å²) in [6, 6.07) is -1.59. The molecule has 0 aromatic heterocycles. The molecule has 1 heterocycles. The van der Waals surface area contributed by atoms with Gasteiger partial charge >= 0.3 is 16.8 Å². The van der Waals surface area contributed by atoms with Gasteiger partial charge in [0.2, 0.25) is 0 Å². The molecule has 0 N–H and O–H groups in total. The Bertz CT molecular complexity index is 351. The van der Waals surface area contributed by atoms with Crippen LogP contribution in [0.4, 0.5) is 0 Å². The molecule has 0 spiro atoms. The summed E-state index contributed by atoms with van der Waals surface area (Å²) in [5.41, 5.74) is -0.926. The Balaban J connectivity index is 3.15. The lowest BCUT2D eigenvalue weighted by Gasteiger charge is -1.96. The van der Waals surface area contributed by atoms with Crippen LogP contribution in [-0.4, -0.2) is 26.6 Å². The Labute approximate surface area is 80.2 Å². The molecule has 0 aromatic rings. The normalized spacial score (nSPS) is 21.0. The van der Waals surface area contributed by atoms with Gasteiger partial charge in [0.25, 0.3) is 0 Å². The number of hydrogen-bond acceptors (Lipinski definition) is 7. The molecule has 0 radical (unpaired) electrons. The van der Waals surface area contributed by atoms with E-state index in [0.717, 1.165) is 0 Å². The second-order valence-corrected chi connectivity index (χ2v) is 3.33. The van der Waals surface area contributed by atoms with Crippen molar-refractivity contribution in [1.82, 2.24) is 0 Å². The minimum atomic E-state index is -1.59. The summed E-state index contributed by atoms with van der Waals surface area (Å²) >= 11 is 0.521. The van der Waals surface area contributed by atoms with E-state index in [4.69, 9.17) is 0 Å². The van der Waals surface area contributed by atoms with Gasteiger partial charge in [-0.25, -0.2) is 0 Å². The molecule has 14 heavy (non-hydrogen) atoms. The van der Waals surface area contributed by atoms with E-state index >= 15 is 0 Å². The summed E-state index contributed by atoms with van der Waals surface area (Å²) in [5, 5.41) is 30.2. The maximum atomic E-state index is 10.4. The van der Waals surface area contributed by atoms with Crippen LogP contribution in [0.5, 0.6) is 0 Å². The van der Waals surface area contributed by atoms with Gasteiger partial charge in [0.15, 0.2) is 0 Å². The molecule has 10 heteroatoms. The zero-order chi connectivity index (χ0) is 10.9. The van der Waals surface area contributed by atoms with Gasteiger partial charge in [-0.05, 0) is 11.8 Å². The van der Waals surface area contributed by atoms with E-state index < -0.39 is 31.5 Å². The third-order valence-corrected chi connectivity index (χ3v) is 2.64. The van der Waals surface area contributed by atoms with Crippen LogP contribution in [0.3, 0.4) is 0 Å². The average molecular weight is 221 g/mol. The fourth-order valence-corrected chi connectivity index (χ4v) is 2.02. The van der Waals surface area contributed by atoms with Crippen LogP contribution in [-0.2, 0) is 0 Å². The average Bonchev–Trinajstić information content (AvgIpc) is 2.46. The lowest BCUT2D eigenvalue weighted by atomic mass is 10.3. The quantitative estimate of drug-likeness (QED) is 0.487. The van der Waals surface area contributed by atoms with Gasteiger partial charge in [0.1, 0.15) is 0 Å². The molecule has 1 aliphatic rings. The molecule has 9 nitrogen and oxygen atoms in total. The molecular formula is C4H3N3O6S. The van der Waals surface area contributed by atoms with Crippen molar-refractivity contribution >= 4 is 11.8 Å². The van der Waals surface area contributed by atoms with E-state index in [9.17, 15) is 30.3 Å². The van der Waals surface area contributed by atoms with Gasteiger partial charge < -0.3 is 0 Å². The maximum Gasteiger partial charge on any atom is 0.403 e. The van der Waals surface area contributed by atoms with E-state index in [1.165, 1.54) is 0 Å². The van der Waals surface area contributed by atoms with Crippen LogP contribution in [0, 0.1) is 30.3 Å². The van der Waals surface area contributed by atoms with Crippen molar-refractivity contribution in [2.75, 3.05) is 5.75 Å². The molecule has 1 aliphatic heterocycles. The minimum absolute atomic E-state index is 0.264. The van der Waals surface area contributed by atoms with Crippen LogP contribution in [0.25, 0.3) is 0 Å². The third kappa shape index (κ3) is 1.64. The first-order chi connectivity index (χ1) is 6.45. The molecule has 76 valence electrons. The topological polar surface area (TPSA) is 129 Å². The highest BCUT2D eigenvalue weighted by atomic mass is 32.2. The number of nitro groups is 3. The summed E-state index contributed by atoms with van der Waals surface area (Å²) in [4.78, 5) is 28.0. The van der Waals surface area contributed by atoms with Crippen LogP contribution < -0.4 is 0 Å². The molecule has 0 bridgehead atoms. The summed E-state index contributed by atoms with van der Waals surface area (Å²) in [6.45, 7) is 0. The van der Waals surface area contributed by atoms with Gasteiger partial charge in [-0.3, -0.25) is 30.3 Å². The van der Waals surface area contributed by atoms with Gasteiger partial charge in [-0.15, -0.1) is 0 Å². The van der Waals surface area contributed by atoms with Crippen molar-refractivity contribution in [3.05, 3.63) is 41.1 Å². The lowest BCUT2D eigenvalue weighted by molar-refractivity contribution is -0.555. The van der Waals surface area contributed by atoms with Crippen LogP contribution >= 0.6 is 11.8 Å². The van der Waals surface area contributed by atoms with Gasteiger partial charge in [-0.2, -0.15) is 0 Å². The predicted octanol–water partition coefficient (Wildman–Crippen LogP) is 0.101. The molecule has 0 aliphatic carbocycles. The first-order valence-corrected chi connectivity index (χ1v) is 4.23. The highest BCUT2D eigenvalue weighted by Crippen LogP contribution is 2.33. The second-order valence-electron chi connectivity index (χ2n) is 2.32. The van der Waals surface area contributed by atoms with Crippen LogP contribution in [0.2, 0.25) is 0 Å².